The number of benzene rings is 2. The normalized spacial score (nSPS) is 26.7. The molecule has 9 heteroatoms. The molecule has 33 heavy (non-hydrogen) atoms. The molecule has 2 N–H and O–H groups in total. The topological polar surface area (TPSA) is 115 Å². The molecule has 0 saturated carbocycles. The van der Waals surface area contributed by atoms with Gasteiger partial charge in [0, 0.05) is 35.4 Å². The summed E-state index contributed by atoms with van der Waals surface area (Å²) < 4.78 is 31.4. The number of alkyl halides is 1. The van der Waals surface area contributed by atoms with Gasteiger partial charge in [-0.2, -0.15) is 0 Å². The third kappa shape index (κ3) is 3.12. The minimum absolute atomic E-state index is 0.00608. The Morgan fingerprint density at radius 1 is 1.06 bits per heavy atom. The van der Waals surface area contributed by atoms with E-state index < -0.39 is 48.1 Å². The van der Waals surface area contributed by atoms with Crippen LogP contribution in [0.4, 0.5) is 4.39 Å². The van der Waals surface area contributed by atoms with Crippen molar-refractivity contribution in [2.45, 2.75) is 37.7 Å². The second-order valence-electron chi connectivity index (χ2n) is 7.99. The zero-order chi connectivity index (χ0) is 23.4. The second-order valence-corrected chi connectivity index (χ2v) is 7.99. The Labute approximate surface area is 187 Å². The number of phenolic OH excluding ortho intramolecular Hbond substituents is 1. The molecule has 1 aliphatic heterocycles. The summed E-state index contributed by atoms with van der Waals surface area (Å²) in [6.45, 7) is 1.53. The monoisotopic (exact) mass is 453 g/mol. The van der Waals surface area contributed by atoms with Crippen LogP contribution < -0.4 is 4.74 Å². The highest BCUT2D eigenvalue weighted by Crippen LogP contribution is 2.45. The maximum atomic E-state index is 15.1. The number of aliphatic hydroxyl groups is 1. The van der Waals surface area contributed by atoms with E-state index in [1.807, 2.05) is 0 Å². The van der Waals surface area contributed by atoms with Gasteiger partial charge < -0.3 is 24.4 Å². The van der Waals surface area contributed by atoms with E-state index in [9.17, 15) is 19.8 Å². The Morgan fingerprint density at radius 2 is 1.73 bits per heavy atom. The summed E-state index contributed by atoms with van der Waals surface area (Å²) in [4.78, 5) is 30.8. The van der Waals surface area contributed by atoms with Crippen LogP contribution in [0.2, 0.25) is 0 Å². The van der Waals surface area contributed by atoms with Crippen LogP contribution in [0.15, 0.2) is 42.6 Å². The number of halogens is 1. The van der Waals surface area contributed by atoms with Gasteiger partial charge in [0.15, 0.2) is 29.2 Å². The van der Waals surface area contributed by atoms with Crippen LogP contribution in [0, 0.1) is 0 Å². The smallest absolute Gasteiger partial charge is 0.234 e. The standard InChI is InChI=1S/C24H20FNO7/c1-10-18(27)22(31-2)16(25)24(32-10)33-23-17-13(8-5-9-26-17)14-15(21(23)30)20(29)12-7-4-3-6-11(12)19(14)28/h3-10,16,18,22,24,27,30H,1-2H3/t10-,16+,18+,22-,24-/m0/s1. The van der Waals surface area contributed by atoms with Crippen LogP contribution in [0.5, 0.6) is 11.5 Å². The highest BCUT2D eigenvalue weighted by Gasteiger charge is 2.47. The first kappa shape index (κ1) is 21.4. The van der Waals surface area contributed by atoms with Crippen molar-refractivity contribution >= 4 is 22.5 Å². The van der Waals surface area contributed by atoms with Crippen molar-refractivity contribution in [2.75, 3.05) is 7.11 Å². The molecular formula is C24H20FNO7. The van der Waals surface area contributed by atoms with Crippen molar-refractivity contribution in [1.29, 1.82) is 0 Å². The molecular weight excluding hydrogens is 433 g/mol. The molecule has 5 rings (SSSR count). The largest absolute Gasteiger partial charge is 0.504 e. The molecule has 0 unspecified atom stereocenters. The molecule has 1 aromatic heterocycles. The molecule has 8 nitrogen and oxygen atoms in total. The summed E-state index contributed by atoms with van der Waals surface area (Å²) in [7, 11) is 1.25. The summed E-state index contributed by atoms with van der Waals surface area (Å²) in [5.41, 5.74) is 0.201. The summed E-state index contributed by atoms with van der Waals surface area (Å²) in [6.07, 6.45) is -5.35. The molecule has 1 saturated heterocycles. The number of phenols is 1. The Morgan fingerprint density at radius 3 is 2.39 bits per heavy atom. The van der Waals surface area contributed by atoms with Crippen molar-refractivity contribution in [3.8, 4) is 11.5 Å². The van der Waals surface area contributed by atoms with E-state index in [4.69, 9.17) is 14.2 Å². The van der Waals surface area contributed by atoms with Crippen molar-refractivity contribution in [1.82, 2.24) is 4.98 Å². The minimum atomic E-state index is -1.91. The van der Waals surface area contributed by atoms with Crippen molar-refractivity contribution in [3.05, 3.63) is 64.8 Å². The molecule has 2 aromatic carbocycles. The fraction of sp³-hybridized carbons (Fsp3) is 0.292. The number of aromatic nitrogens is 1. The number of methoxy groups -OCH3 is 1. The molecule has 0 bridgehead atoms. The Balaban J connectivity index is 1.69. The van der Waals surface area contributed by atoms with Gasteiger partial charge in [0.25, 0.3) is 0 Å². The summed E-state index contributed by atoms with van der Waals surface area (Å²) in [5, 5.41) is 21.5. The second kappa shape index (κ2) is 7.87. The lowest BCUT2D eigenvalue weighted by molar-refractivity contribution is -0.256. The molecule has 1 aliphatic carbocycles. The number of ketones is 2. The maximum absolute atomic E-state index is 15.1. The lowest BCUT2D eigenvalue weighted by Crippen LogP contribution is -2.57. The zero-order valence-corrected chi connectivity index (χ0v) is 17.7. The van der Waals surface area contributed by atoms with Gasteiger partial charge in [-0.05, 0) is 13.0 Å². The Hall–Kier alpha value is -3.40. The number of pyridine rings is 1. The first-order chi connectivity index (χ1) is 15.8. The number of hydrogen-bond donors (Lipinski definition) is 2. The third-order valence-electron chi connectivity index (χ3n) is 6.11. The van der Waals surface area contributed by atoms with E-state index in [1.165, 1.54) is 26.3 Å². The highest BCUT2D eigenvalue weighted by atomic mass is 19.1. The van der Waals surface area contributed by atoms with E-state index in [0.29, 0.717) is 0 Å². The summed E-state index contributed by atoms with van der Waals surface area (Å²) in [6, 6.07) is 9.47. The number of aliphatic hydroxyl groups excluding tert-OH is 1. The number of aromatic hydroxyl groups is 1. The van der Waals surface area contributed by atoms with Crippen LogP contribution in [-0.2, 0) is 9.47 Å². The lowest BCUT2D eigenvalue weighted by Gasteiger charge is -2.39. The van der Waals surface area contributed by atoms with Crippen LogP contribution in [0.3, 0.4) is 0 Å². The Kier molecular flexibility index (Phi) is 5.12. The van der Waals surface area contributed by atoms with Gasteiger partial charge in [-0.1, -0.05) is 30.3 Å². The van der Waals surface area contributed by atoms with Crippen LogP contribution >= 0.6 is 0 Å². The SMILES string of the molecule is CO[C@@H]1[C@H](O)[C@H](C)O[C@@H](Oc2c(O)c3c(c4cccnc24)C(=O)c2ccccc2C3=O)[C@@H]1F. The third-order valence-corrected chi connectivity index (χ3v) is 6.11. The first-order valence-corrected chi connectivity index (χ1v) is 10.3. The molecule has 170 valence electrons. The van der Waals surface area contributed by atoms with Gasteiger partial charge in [0.1, 0.15) is 17.7 Å². The van der Waals surface area contributed by atoms with Gasteiger partial charge >= 0.3 is 0 Å². The zero-order valence-electron chi connectivity index (χ0n) is 17.7. The van der Waals surface area contributed by atoms with Crippen LogP contribution in [0.1, 0.15) is 38.8 Å². The number of nitrogens with zero attached hydrogens (tertiary/aromatic N) is 1. The molecule has 1 fully saturated rings. The predicted molar refractivity (Wildman–Crippen MR) is 113 cm³/mol. The van der Waals surface area contributed by atoms with Gasteiger partial charge in [0.05, 0.1) is 11.7 Å². The summed E-state index contributed by atoms with van der Waals surface area (Å²) >= 11 is 0. The van der Waals surface area contributed by atoms with Crippen LogP contribution in [0.25, 0.3) is 10.9 Å². The van der Waals surface area contributed by atoms with Gasteiger partial charge in [-0.3, -0.25) is 14.6 Å². The number of carbonyl (C=O) groups is 2. The highest BCUT2D eigenvalue weighted by molar-refractivity contribution is 6.33. The fourth-order valence-electron chi connectivity index (χ4n) is 4.44. The van der Waals surface area contributed by atoms with Crippen LogP contribution in [-0.4, -0.2) is 64.6 Å². The van der Waals surface area contributed by atoms with Crippen molar-refractivity contribution in [2.24, 2.45) is 0 Å². The number of ether oxygens (including phenoxy) is 3. The van der Waals surface area contributed by atoms with E-state index in [1.54, 1.807) is 30.3 Å². The first-order valence-electron chi connectivity index (χ1n) is 10.3. The minimum Gasteiger partial charge on any atom is -0.504 e. The number of rotatable bonds is 3. The molecule has 2 heterocycles. The quantitative estimate of drug-likeness (QED) is 0.486. The van der Waals surface area contributed by atoms with Gasteiger partial charge in [0.2, 0.25) is 6.29 Å². The fourth-order valence-corrected chi connectivity index (χ4v) is 4.44. The van der Waals surface area contributed by atoms with Gasteiger partial charge in [-0.15, -0.1) is 0 Å². The number of fused-ring (bicyclic) bond motifs is 4. The summed E-state index contributed by atoms with van der Waals surface area (Å²) in [5.74, 6) is -1.93. The van der Waals surface area contributed by atoms with E-state index in [0.717, 1.165) is 0 Å². The number of hydrogen-bond acceptors (Lipinski definition) is 8. The predicted octanol–water partition coefficient (Wildman–Crippen LogP) is 2.55. The Bertz CT molecular complexity index is 1290. The average molecular weight is 453 g/mol. The molecule has 0 amide bonds. The number of carbonyl (C=O) groups excluding carboxylic acids is 2. The average Bonchev–Trinajstić information content (AvgIpc) is 2.82. The molecule has 0 radical (unpaired) electrons. The molecule has 0 spiro atoms. The van der Waals surface area contributed by atoms with E-state index in [2.05, 4.69) is 4.98 Å². The van der Waals surface area contributed by atoms with E-state index >= 15 is 4.39 Å². The van der Waals surface area contributed by atoms with E-state index in [-0.39, 0.29) is 38.9 Å². The lowest BCUT2D eigenvalue weighted by atomic mass is 9.81. The van der Waals surface area contributed by atoms with Crippen molar-refractivity contribution < 1.29 is 38.4 Å². The molecule has 2 aliphatic rings. The molecule has 5 atom stereocenters. The maximum Gasteiger partial charge on any atom is 0.234 e. The van der Waals surface area contributed by atoms with Gasteiger partial charge in [-0.25, -0.2) is 4.39 Å². The van der Waals surface area contributed by atoms with Crippen molar-refractivity contribution in [3.63, 3.8) is 0 Å². The molecule has 3 aromatic rings.